The molecule has 2 nitrogen and oxygen atoms in total. The van der Waals surface area contributed by atoms with Crippen LogP contribution >= 0.6 is 0 Å². The molecule has 0 aliphatic carbocycles. The number of carbonyl (C=O) groups excluding carboxylic acids is 1. The van der Waals surface area contributed by atoms with Gasteiger partial charge in [-0.2, -0.15) is 0 Å². The summed E-state index contributed by atoms with van der Waals surface area (Å²) in [6, 6.07) is 19.7. The third kappa shape index (κ3) is 3.35. The zero-order valence-electron chi connectivity index (χ0n) is 11.9. The third-order valence-electron chi connectivity index (χ3n) is 3.15. The van der Waals surface area contributed by atoms with Crippen LogP contribution in [0.2, 0.25) is 0 Å². The van der Waals surface area contributed by atoms with E-state index in [2.05, 4.69) is 0 Å². The molecule has 20 heavy (non-hydrogen) atoms. The van der Waals surface area contributed by atoms with Gasteiger partial charge in [-0.15, -0.1) is 0 Å². The number of hydrogen-bond donors (Lipinski definition) is 0. The highest BCUT2D eigenvalue weighted by Crippen LogP contribution is 2.17. The number of likely N-dealkylation sites (N-methyl/N-ethyl adjacent to an activating group) is 1. The van der Waals surface area contributed by atoms with Crippen molar-refractivity contribution in [2.45, 2.75) is 13.8 Å². The zero-order valence-corrected chi connectivity index (χ0v) is 11.9. The molecular formula is C18H19NO. The lowest BCUT2D eigenvalue weighted by molar-refractivity contribution is -0.115. The summed E-state index contributed by atoms with van der Waals surface area (Å²) < 4.78 is 0. The summed E-state index contributed by atoms with van der Waals surface area (Å²) in [5.74, 6) is 0.0440. The maximum atomic E-state index is 12.5. The van der Waals surface area contributed by atoms with E-state index in [1.54, 1.807) is 4.90 Å². The van der Waals surface area contributed by atoms with E-state index in [4.69, 9.17) is 0 Å². The third-order valence-corrected chi connectivity index (χ3v) is 3.15. The molecule has 0 radical (unpaired) electrons. The Bertz CT molecular complexity index is 587. The van der Waals surface area contributed by atoms with E-state index in [-0.39, 0.29) is 5.91 Å². The summed E-state index contributed by atoms with van der Waals surface area (Å²) in [6.45, 7) is 4.50. The Kier molecular flexibility index (Phi) is 4.72. The van der Waals surface area contributed by atoms with Gasteiger partial charge in [0, 0.05) is 17.8 Å². The van der Waals surface area contributed by atoms with Crippen LogP contribution in [0.1, 0.15) is 19.4 Å². The molecule has 0 saturated carbocycles. The Morgan fingerprint density at radius 3 is 2.10 bits per heavy atom. The molecule has 0 aliphatic heterocycles. The number of anilines is 1. The van der Waals surface area contributed by atoms with Gasteiger partial charge in [0.25, 0.3) is 5.91 Å². The fourth-order valence-electron chi connectivity index (χ4n) is 2.13. The van der Waals surface area contributed by atoms with E-state index in [1.807, 2.05) is 80.6 Å². The van der Waals surface area contributed by atoms with E-state index in [1.165, 1.54) is 0 Å². The molecule has 2 aromatic carbocycles. The molecule has 0 aliphatic rings. The standard InChI is InChI=1S/C18H19NO/c1-3-19(17-12-8-5-9-13-17)18(20)15(2)14-16-10-6-4-7-11-16/h4-14H,3H2,1-2H3/b15-14+. The van der Waals surface area contributed by atoms with Gasteiger partial charge in [-0.25, -0.2) is 0 Å². The van der Waals surface area contributed by atoms with Crippen LogP contribution in [0.4, 0.5) is 5.69 Å². The van der Waals surface area contributed by atoms with Crippen molar-refractivity contribution in [3.63, 3.8) is 0 Å². The van der Waals surface area contributed by atoms with Crippen molar-refractivity contribution in [3.05, 3.63) is 71.8 Å². The average molecular weight is 265 g/mol. The average Bonchev–Trinajstić information content (AvgIpc) is 2.50. The molecule has 0 bridgehead atoms. The molecule has 0 spiro atoms. The number of para-hydroxylation sites is 1. The van der Waals surface area contributed by atoms with Crippen molar-refractivity contribution in [1.82, 2.24) is 0 Å². The normalized spacial score (nSPS) is 11.2. The van der Waals surface area contributed by atoms with Gasteiger partial charge in [0.15, 0.2) is 0 Å². The molecule has 1 amide bonds. The summed E-state index contributed by atoms with van der Waals surface area (Å²) >= 11 is 0. The minimum absolute atomic E-state index is 0.0440. The molecular weight excluding hydrogens is 246 g/mol. The maximum absolute atomic E-state index is 12.5. The molecule has 0 N–H and O–H groups in total. The van der Waals surface area contributed by atoms with Gasteiger partial charge >= 0.3 is 0 Å². The minimum Gasteiger partial charge on any atom is -0.309 e. The highest BCUT2D eigenvalue weighted by molar-refractivity contribution is 6.07. The van der Waals surface area contributed by atoms with Crippen LogP contribution in [-0.2, 0) is 4.79 Å². The molecule has 0 heterocycles. The van der Waals surface area contributed by atoms with Crippen molar-refractivity contribution in [2.24, 2.45) is 0 Å². The Balaban J connectivity index is 2.23. The van der Waals surface area contributed by atoms with Crippen molar-refractivity contribution in [2.75, 3.05) is 11.4 Å². The molecule has 0 saturated heterocycles. The van der Waals surface area contributed by atoms with Crippen molar-refractivity contribution < 1.29 is 4.79 Å². The van der Waals surface area contributed by atoms with Gasteiger partial charge in [-0.1, -0.05) is 48.5 Å². The van der Waals surface area contributed by atoms with Crippen LogP contribution in [0, 0.1) is 0 Å². The van der Waals surface area contributed by atoms with E-state index < -0.39 is 0 Å². The Labute approximate surface area is 120 Å². The van der Waals surface area contributed by atoms with E-state index in [0.29, 0.717) is 6.54 Å². The van der Waals surface area contributed by atoms with Gasteiger partial charge in [-0.3, -0.25) is 4.79 Å². The molecule has 0 unspecified atom stereocenters. The van der Waals surface area contributed by atoms with E-state index >= 15 is 0 Å². The predicted molar refractivity (Wildman–Crippen MR) is 84.6 cm³/mol. The predicted octanol–water partition coefficient (Wildman–Crippen LogP) is 4.14. The molecule has 0 atom stereocenters. The Hall–Kier alpha value is -2.35. The first-order valence-electron chi connectivity index (χ1n) is 6.82. The summed E-state index contributed by atoms with van der Waals surface area (Å²) in [5, 5.41) is 0. The van der Waals surface area contributed by atoms with Crippen LogP contribution in [-0.4, -0.2) is 12.5 Å². The second-order valence-electron chi connectivity index (χ2n) is 4.62. The second kappa shape index (κ2) is 6.71. The first-order chi connectivity index (χ1) is 9.72. The fraction of sp³-hybridized carbons (Fsp3) is 0.167. The van der Waals surface area contributed by atoms with Crippen LogP contribution in [0.15, 0.2) is 66.2 Å². The van der Waals surface area contributed by atoms with Crippen molar-refractivity contribution in [1.29, 1.82) is 0 Å². The Morgan fingerprint density at radius 2 is 1.55 bits per heavy atom. The van der Waals surface area contributed by atoms with Crippen molar-refractivity contribution >= 4 is 17.7 Å². The molecule has 0 aromatic heterocycles. The molecule has 102 valence electrons. The number of nitrogens with zero attached hydrogens (tertiary/aromatic N) is 1. The fourth-order valence-corrected chi connectivity index (χ4v) is 2.13. The van der Waals surface area contributed by atoms with Crippen LogP contribution in [0.25, 0.3) is 6.08 Å². The minimum atomic E-state index is 0.0440. The maximum Gasteiger partial charge on any atom is 0.253 e. The monoisotopic (exact) mass is 265 g/mol. The van der Waals surface area contributed by atoms with Crippen LogP contribution < -0.4 is 4.90 Å². The van der Waals surface area contributed by atoms with E-state index in [9.17, 15) is 4.79 Å². The first kappa shape index (κ1) is 14.1. The lowest BCUT2D eigenvalue weighted by Gasteiger charge is -2.21. The molecule has 0 fully saturated rings. The largest absolute Gasteiger partial charge is 0.309 e. The van der Waals surface area contributed by atoms with Crippen LogP contribution in [0.3, 0.4) is 0 Å². The van der Waals surface area contributed by atoms with Gasteiger partial charge in [-0.05, 0) is 37.6 Å². The quantitative estimate of drug-likeness (QED) is 0.761. The lowest BCUT2D eigenvalue weighted by atomic mass is 10.1. The smallest absolute Gasteiger partial charge is 0.253 e. The molecule has 2 aromatic rings. The highest BCUT2D eigenvalue weighted by atomic mass is 16.2. The summed E-state index contributed by atoms with van der Waals surface area (Å²) in [5.41, 5.74) is 2.71. The SMILES string of the molecule is CCN(C(=O)/C(C)=C/c1ccccc1)c1ccccc1. The number of carbonyl (C=O) groups is 1. The van der Waals surface area contributed by atoms with Crippen molar-refractivity contribution in [3.8, 4) is 0 Å². The van der Waals surface area contributed by atoms with Gasteiger partial charge in [0.05, 0.1) is 0 Å². The van der Waals surface area contributed by atoms with E-state index in [0.717, 1.165) is 16.8 Å². The lowest BCUT2D eigenvalue weighted by Crippen LogP contribution is -2.31. The Morgan fingerprint density at radius 1 is 1.00 bits per heavy atom. The topological polar surface area (TPSA) is 20.3 Å². The second-order valence-corrected chi connectivity index (χ2v) is 4.62. The number of amides is 1. The van der Waals surface area contributed by atoms with Crippen LogP contribution in [0.5, 0.6) is 0 Å². The van der Waals surface area contributed by atoms with Gasteiger partial charge in [0.1, 0.15) is 0 Å². The number of hydrogen-bond acceptors (Lipinski definition) is 1. The number of benzene rings is 2. The summed E-state index contributed by atoms with van der Waals surface area (Å²) in [7, 11) is 0. The number of rotatable bonds is 4. The molecule has 2 heteroatoms. The molecule has 2 rings (SSSR count). The van der Waals surface area contributed by atoms with Gasteiger partial charge in [0.2, 0.25) is 0 Å². The first-order valence-corrected chi connectivity index (χ1v) is 6.82. The highest BCUT2D eigenvalue weighted by Gasteiger charge is 2.14. The van der Waals surface area contributed by atoms with Gasteiger partial charge < -0.3 is 4.90 Å². The summed E-state index contributed by atoms with van der Waals surface area (Å²) in [4.78, 5) is 14.3. The summed E-state index contributed by atoms with van der Waals surface area (Å²) in [6.07, 6.45) is 1.92. The zero-order chi connectivity index (χ0) is 14.4.